The molecule has 0 fully saturated rings. The lowest BCUT2D eigenvalue weighted by molar-refractivity contribution is -0.394. The maximum atomic E-state index is 12.9. The lowest BCUT2D eigenvalue weighted by Gasteiger charge is -2.34. The molecular formula is C20H21N3O7. The number of non-ortho nitro benzene ring substituents is 2. The standard InChI is InChI=1S/C20H21N3O7/c1-20(2,3)16(19(25)26)17(12-7-5-4-6-8-12)21-18(24)13-9-14(22(27)28)11-15(10-13)23(29)30/h4-11,16-17H,1-3H3,(H,21,24)(H,25,26). The highest BCUT2D eigenvalue weighted by Gasteiger charge is 2.40. The summed E-state index contributed by atoms with van der Waals surface area (Å²) in [6.45, 7) is 5.14. The Balaban J connectivity index is 2.53. The van der Waals surface area contributed by atoms with Gasteiger partial charge >= 0.3 is 5.97 Å². The molecule has 10 nitrogen and oxygen atoms in total. The second kappa shape index (κ2) is 8.68. The van der Waals surface area contributed by atoms with Crippen molar-refractivity contribution in [3.8, 4) is 0 Å². The molecule has 30 heavy (non-hydrogen) atoms. The van der Waals surface area contributed by atoms with Crippen LogP contribution in [0.2, 0.25) is 0 Å². The minimum atomic E-state index is -1.14. The first-order valence-corrected chi connectivity index (χ1v) is 8.94. The SMILES string of the molecule is CC(C)(C)C(C(=O)O)C(NC(=O)c1cc([N+](=O)[O-])cc([N+](=O)[O-])c1)c1ccccc1. The molecule has 0 bridgehead atoms. The highest BCUT2D eigenvalue weighted by atomic mass is 16.6. The zero-order chi connectivity index (χ0) is 22.6. The Hall–Kier alpha value is -3.82. The number of amides is 1. The van der Waals surface area contributed by atoms with Crippen LogP contribution in [0.3, 0.4) is 0 Å². The van der Waals surface area contributed by atoms with Crippen molar-refractivity contribution >= 4 is 23.3 Å². The van der Waals surface area contributed by atoms with Crippen molar-refractivity contribution in [2.75, 3.05) is 0 Å². The number of aliphatic carboxylic acids is 1. The molecule has 0 saturated heterocycles. The Bertz CT molecular complexity index is 951. The fourth-order valence-electron chi connectivity index (χ4n) is 3.19. The molecule has 10 heteroatoms. The van der Waals surface area contributed by atoms with Gasteiger partial charge in [0, 0.05) is 12.1 Å². The van der Waals surface area contributed by atoms with Gasteiger partial charge in [-0.25, -0.2) is 0 Å². The number of carbonyl (C=O) groups excluding carboxylic acids is 1. The van der Waals surface area contributed by atoms with Gasteiger partial charge in [0.15, 0.2) is 0 Å². The fraction of sp³-hybridized carbons (Fsp3) is 0.300. The first-order valence-electron chi connectivity index (χ1n) is 8.94. The van der Waals surface area contributed by atoms with Gasteiger partial charge in [0.25, 0.3) is 17.3 Å². The Labute approximate surface area is 171 Å². The highest BCUT2D eigenvalue weighted by molar-refractivity contribution is 5.96. The number of carboxylic acids is 1. The van der Waals surface area contributed by atoms with Crippen molar-refractivity contribution in [3.05, 3.63) is 79.9 Å². The summed E-state index contributed by atoms with van der Waals surface area (Å²) in [6.07, 6.45) is 0. The number of nitrogens with one attached hydrogen (secondary N) is 1. The number of benzene rings is 2. The van der Waals surface area contributed by atoms with E-state index < -0.39 is 50.5 Å². The summed E-state index contributed by atoms with van der Waals surface area (Å²) in [5, 5.41) is 34.6. The summed E-state index contributed by atoms with van der Waals surface area (Å²) in [7, 11) is 0. The van der Waals surface area contributed by atoms with E-state index in [9.17, 15) is 34.9 Å². The van der Waals surface area contributed by atoms with E-state index in [1.54, 1.807) is 51.1 Å². The zero-order valence-electron chi connectivity index (χ0n) is 16.6. The molecule has 2 atom stereocenters. The third-order valence-corrected chi connectivity index (χ3v) is 4.56. The monoisotopic (exact) mass is 415 g/mol. The quantitative estimate of drug-likeness (QED) is 0.516. The maximum Gasteiger partial charge on any atom is 0.309 e. The van der Waals surface area contributed by atoms with E-state index in [0.717, 1.165) is 18.2 Å². The van der Waals surface area contributed by atoms with Crippen molar-refractivity contribution in [2.45, 2.75) is 26.8 Å². The summed E-state index contributed by atoms with van der Waals surface area (Å²) in [5.41, 5.74) is -1.77. The van der Waals surface area contributed by atoms with Crippen molar-refractivity contribution in [1.82, 2.24) is 5.32 Å². The molecule has 0 heterocycles. The molecule has 2 N–H and O–H groups in total. The van der Waals surface area contributed by atoms with Crippen LogP contribution >= 0.6 is 0 Å². The van der Waals surface area contributed by atoms with Gasteiger partial charge in [0.2, 0.25) is 0 Å². The molecule has 2 aromatic rings. The minimum absolute atomic E-state index is 0.310. The number of hydrogen-bond donors (Lipinski definition) is 2. The number of carboxylic acid groups (broad SMARTS) is 1. The first kappa shape index (κ1) is 22.5. The fourth-order valence-corrected chi connectivity index (χ4v) is 3.19. The van der Waals surface area contributed by atoms with Gasteiger partial charge < -0.3 is 10.4 Å². The number of nitro groups is 2. The molecule has 0 radical (unpaired) electrons. The predicted octanol–water partition coefficient (Wildman–Crippen LogP) is 3.72. The molecule has 0 saturated carbocycles. The molecule has 2 rings (SSSR count). The number of carbonyl (C=O) groups is 2. The molecule has 2 unspecified atom stereocenters. The van der Waals surface area contributed by atoms with Gasteiger partial charge in [0.1, 0.15) is 0 Å². The van der Waals surface area contributed by atoms with Crippen LogP contribution in [-0.2, 0) is 4.79 Å². The third-order valence-electron chi connectivity index (χ3n) is 4.56. The van der Waals surface area contributed by atoms with Crippen LogP contribution in [-0.4, -0.2) is 26.8 Å². The summed E-state index contributed by atoms with van der Waals surface area (Å²) in [6, 6.07) is 10.0. The van der Waals surface area contributed by atoms with E-state index in [2.05, 4.69) is 5.32 Å². The Morgan fingerprint density at radius 2 is 1.47 bits per heavy atom. The largest absolute Gasteiger partial charge is 0.481 e. The lowest BCUT2D eigenvalue weighted by atomic mass is 9.74. The van der Waals surface area contributed by atoms with Crippen LogP contribution in [0.25, 0.3) is 0 Å². The molecule has 0 aliphatic carbocycles. The van der Waals surface area contributed by atoms with Crippen LogP contribution in [0.5, 0.6) is 0 Å². The van der Waals surface area contributed by atoms with Crippen LogP contribution < -0.4 is 5.32 Å². The number of nitro benzene ring substituents is 2. The molecule has 2 aromatic carbocycles. The van der Waals surface area contributed by atoms with Gasteiger partial charge in [0.05, 0.1) is 33.4 Å². The van der Waals surface area contributed by atoms with E-state index in [0.29, 0.717) is 5.56 Å². The molecule has 0 aromatic heterocycles. The Morgan fingerprint density at radius 1 is 0.967 bits per heavy atom. The van der Waals surface area contributed by atoms with E-state index >= 15 is 0 Å². The number of hydrogen-bond acceptors (Lipinski definition) is 6. The van der Waals surface area contributed by atoms with E-state index in [1.165, 1.54) is 0 Å². The molecular weight excluding hydrogens is 394 g/mol. The highest BCUT2D eigenvalue weighted by Crippen LogP contribution is 2.37. The third kappa shape index (κ3) is 5.16. The minimum Gasteiger partial charge on any atom is -0.481 e. The average molecular weight is 415 g/mol. The van der Waals surface area contributed by atoms with Crippen LogP contribution in [0.1, 0.15) is 42.7 Å². The van der Waals surface area contributed by atoms with Gasteiger partial charge in [-0.15, -0.1) is 0 Å². The molecule has 158 valence electrons. The van der Waals surface area contributed by atoms with Crippen LogP contribution in [0.4, 0.5) is 11.4 Å². The normalized spacial score (nSPS) is 13.2. The number of nitrogens with zero attached hydrogens (tertiary/aromatic N) is 2. The predicted molar refractivity (Wildman–Crippen MR) is 107 cm³/mol. The Kier molecular flexibility index (Phi) is 6.50. The summed E-state index contributed by atoms with van der Waals surface area (Å²) in [5.74, 6) is -3.04. The van der Waals surface area contributed by atoms with Crippen molar-refractivity contribution in [3.63, 3.8) is 0 Å². The smallest absolute Gasteiger partial charge is 0.309 e. The summed E-state index contributed by atoms with van der Waals surface area (Å²) < 4.78 is 0. The second-order valence-corrected chi connectivity index (χ2v) is 7.80. The summed E-state index contributed by atoms with van der Waals surface area (Å²) in [4.78, 5) is 45.4. The van der Waals surface area contributed by atoms with Gasteiger partial charge in [-0.1, -0.05) is 51.1 Å². The second-order valence-electron chi connectivity index (χ2n) is 7.80. The van der Waals surface area contributed by atoms with Crippen molar-refractivity contribution in [1.29, 1.82) is 0 Å². The summed E-state index contributed by atoms with van der Waals surface area (Å²) >= 11 is 0. The maximum absolute atomic E-state index is 12.9. The van der Waals surface area contributed by atoms with Crippen LogP contribution in [0.15, 0.2) is 48.5 Å². The van der Waals surface area contributed by atoms with E-state index in [1.807, 2.05) is 0 Å². The lowest BCUT2D eigenvalue weighted by Crippen LogP contribution is -2.42. The zero-order valence-corrected chi connectivity index (χ0v) is 16.6. The topological polar surface area (TPSA) is 153 Å². The molecule has 0 aliphatic heterocycles. The average Bonchev–Trinajstić information content (AvgIpc) is 2.66. The van der Waals surface area contributed by atoms with E-state index in [-0.39, 0.29) is 5.56 Å². The molecule has 0 aliphatic rings. The molecule has 1 amide bonds. The van der Waals surface area contributed by atoms with Crippen molar-refractivity contribution < 1.29 is 24.5 Å². The van der Waals surface area contributed by atoms with Gasteiger partial charge in [-0.05, 0) is 11.0 Å². The van der Waals surface area contributed by atoms with Gasteiger partial charge in [-0.2, -0.15) is 0 Å². The van der Waals surface area contributed by atoms with Crippen molar-refractivity contribution in [2.24, 2.45) is 11.3 Å². The van der Waals surface area contributed by atoms with Gasteiger partial charge in [-0.3, -0.25) is 29.8 Å². The Morgan fingerprint density at radius 3 is 1.87 bits per heavy atom. The molecule has 0 spiro atoms. The van der Waals surface area contributed by atoms with Crippen LogP contribution in [0, 0.1) is 31.6 Å². The number of rotatable bonds is 7. The first-order chi connectivity index (χ1) is 13.9. The van der Waals surface area contributed by atoms with E-state index in [4.69, 9.17) is 0 Å².